The van der Waals surface area contributed by atoms with Gasteiger partial charge in [-0.05, 0) is 12.1 Å². The quantitative estimate of drug-likeness (QED) is 0.759. The Balaban J connectivity index is 1.89. The molecular formula is C11H10N4OS. The fraction of sp³-hybridized carbons (Fsp3) is 0.182. The Morgan fingerprint density at radius 1 is 1.29 bits per heavy atom. The van der Waals surface area contributed by atoms with Crippen LogP contribution in [0.1, 0.15) is 10.7 Å². The first-order valence-corrected chi connectivity index (χ1v) is 6.01. The molecule has 6 heteroatoms. The highest BCUT2D eigenvalue weighted by Crippen LogP contribution is 2.21. The van der Waals surface area contributed by atoms with E-state index >= 15 is 0 Å². The molecule has 17 heavy (non-hydrogen) atoms. The lowest BCUT2D eigenvalue weighted by Crippen LogP contribution is -1.99. The van der Waals surface area contributed by atoms with Crippen LogP contribution in [-0.2, 0) is 13.2 Å². The monoisotopic (exact) mass is 246 g/mol. The third-order valence-electron chi connectivity index (χ3n) is 2.38. The molecule has 86 valence electrons. The molecular weight excluding hydrogens is 236 g/mol. The number of thiazole rings is 1. The molecule has 0 spiro atoms. The Labute approximate surface area is 101 Å². The topological polar surface area (TPSA) is 63.8 Å². The highest BCUT2D eigenvalue weighted by atomic mass is 32.1. The van der Waals surface area contributed by atoms with Crippen LogP contribution in [0.15, 0.2) is 30.5 Å². The molecule has 0 radical (unpaired) electrons. The van der Waals surface area contributed by atoms with Gasteiger partial charge in [0.2, 0.25) is 0 Å². The lowest BCUT2D eigenvalue weighted by molar-refractivity contribution is 0.276. The molecule has 0 aliphatic carbocycles. The normalized spacial score (nSPS) is 11.1. The van der Waals surface area contributed by atoms with Crippen LogP contribution in [-0.4, -0.2) is 25.1 Å². The number of benzene rings is 1. The van der Waals surface area contributed by atoms with Gasteiger partial charge in [-0.2, -0.15) is 0 Å². The van der Waals surface area contributed by atoms with Crippen molar-refractivity contribution in [2.75, 3.05) is 0 Å². The summed E-state index contributed by atoms with van der Waals surface area (Å²) in [7, 11) is 0. The Kier molecular flexibility index (Phi) is 2.58. The molecule has 2 aromatic heterocycles. The van der Waals surface area contributed by atoms with Gasteiger partial charge < -0.3 is 5.11 Å². The first kappa shape index (κ1) is 10.4. The third-order valence-corrected chi connectivity index (χ3v) is 3.40. The number of aliphatic hydroxyl groups excluding tert-OH is 1. The summed E-state index contributed by atoms with van der Waals surface area (Å²) in [4.78, 5) is 4.51. The number of aliphatic hydroxyl groups is 1. The van der Waals surface area contributed by atoms with Crippen molar-refractivity contribution in [3.63, 3.8) is 0 Å². The summed E-state index contributed by atoms with van der Waals surface area (Å²) >= 11 is 1.65. The van der Waals surface area contributed by atoms with Gasteiger partial charge in [0.15, 0.2) is 0 Å². The van der Waals surface area contributed by atoms with Crippen molar-refractivity contribution in [2.24, 2.45) is 0 Å². The first-order chi connectivity index (χ1) is 8.35. The lowest BCUT2D eigenvalue weighted by Gasteiger charge is -1.93. The van der Waals surface area contributed by atoms with E-state index in [0.29, 0.717) is 12.2 Å². The molecule has 0 atom stereocenters. The summed E-state index contributed by atoms with van der Waals surface area (Å²) in [6.07, 6.45) is 1.73. The molecule has 0 aliphatic rings. The van der Waals surface area contributed by atoms with Crippen LogP contribution in [0.3, 0.4) is 0 Å². The van der Waals surface area contributed by atoms with Gasteiger partial charge in [-0.25, -0.2) is 9.67 Å². The highest BCUT2D eigenvalue weighted by Gasteiger charge is 2.05. The summed E-state index contributed by atoms with van der Waals surface area (Å²) in [5, 5.41) is 17.6. The van der Waals surface area contributed by atoms with Gasteiger partial charge in [0.05, 0.1) is 29.6 Å². The van der Waals surface area contributed by atoms with Crippen LogP contribution in [0.5, 0.6) is 0 Å². The van der Waals surface area contributed by atoms with Crippen LogP contribution in [0.4, 0.5) is 0 Å². The standard InChI is InChI=1S/C11H10N4OS/c16-7-8-5-15(14-13-8)6-11-12-9-3-1-2-4-10(9)17-11/h1-5,16H,6-7H2. The van der Waals surface area contributed by atoms with E-state index in [1.54, 1.807) is 22.2 Å². The minimum absolute atomic E-state index is 0.0835. The van der Waals surface area contributed by atoms with E-state index in [2.05, 4.69) is 21.4 Å². The van der Waals surface area contributed by atoms with Gasteiger partial charge in [-0.15, -0.1) is 16.4 Å². The van der Waals surface area contributed by atoms with Crippen molar-refractivity contribution in [1.82, 2.24) is 20.0 Å². The fourth-order valence-corrected chi connectivity index (χ4v) is 2.57. The van der Waals surface area contributed by atoms with Crippen molar-refractivity contribution in [3.8, 4) is 0 Å². The average Bonchev–Trinajstić information content (AvgIpc) is 2.94. The average molecular weight is 246 g/mol. The van der Waals surface area contributed by atoms with E-state index in [4.69, 9.17) is 5.11 Å². The van der Waals surface area contributed by atoms with E-state index < -0.39 is 0 Å². The highest BCUT2D eigenvalue weighted by molar-refractivity contribution is 7.18. The number of nitrogens with zero attached hydrogens (tertiary/aromatic N) is 4. The summed E-state index contributed by atoms with van der Waals surface area (Å²) in [5.41, 5.74) is 1.58. The maximum Gasteiger partial charge on any atom is 0.115 e. The Morgan fingerprint density at radius 3 is 2.94 bits per heavy atom. The largest absolute Gasteiger partial charge is 0.390 e. The van der Waals surface area contributed by atoms with Gasteiger partial charge in [-0.1, -0.05) is 17.3 Å². The Bertz CT molecular complexity index is 613. The molecule has 5 nitrogen and oxygen atoms in total. The molecule has 0 unspecified atom stereocenters. The molecule has 0 amide bonds. The van der Waals surface area contributed by atoms with E-state index in [-0.39, 0.29) is 6.61 Å². The van der Waals surface area contributed by atoms with Gasteiger partial charge in [-0.3, -0.25) is 0 Å². The van der Waals surface area contributed by atoms with Gasteiger partial charge in [0.25, 0.3) is 0 Å². The second-order valence-electron chi connectivity index (χ2n) is 3.64. The van der Waals surface area contributed by atoms with Gasteiger partial charge >= 0.3 is 0 Å². The number of hydrogen-bond donors (Lipinski definition) is 1. The summed E-state index contributed by atoms with van der Waals surface area (Å²) < 4.78 is 2.86. The first-order valence-electron chi connectivity index (χ1n) is 5.19. The van der Waals surface area contributed by atoms with Crippen LogP contribution >= 0.6 is 11.3 Å². The van der Waals surface area contributed by atoms with Crippen LogP contribution < -0.4 is 0 Å². The zero-order chi connectivity index (χ0) is 11.7. The number of fused-ring (bicyclic) bond motifs is 1. The summed E-state index contributed by atoms with van der Waals surface area (Å²) in [5.74, 6) is 0. The maximum atomic E-state index is 8.90. The van der Waals surface area contributed by atoms with E-state index in [0.717, 1.165) is 10.5 Å². The summed E-state index contributed by atoms with van der Waals surface area (Å²) in [6.45, 7) is 0.506. The molecule has 0 aliphatic heterocycles. The second-order valence-corrected chi connectivity index (χ2v) is 4.76. The molecule has 2 heterocycles. The number of aromatic nitrogens is 4. The molecule has 0 bridgehead atoms. The molecule has 1 aromatic carbocycles. The summed E-state index contributed by atoms with van der Waals surface area (Å²) in [6, 6.07) is 8.03. The fourth-order valence-electron chi connectivity index (χ4n) is 1.61. The lowest BCUT2D eigenvalue weighted by atomic mass is 10.3. The Morgan fingerprint density at radius 2 is 2.18 bits per heavy atom. The van der Waals surface area contributed by atoms with Crippen LogP contribution in [0, 0.1) is 0 Å². The van der Waals surface area contributed by atoms with Crippen molar-refractivity contribution in [2.45, 2.75) is 13.2 Å². The molecule has 1 N–H and O–H groups in total. The van der Waals surface area contributed by atoms with E-state index in [9.17, 15) is 0 Å². The van der Waals surface area contributed by atoms with Crippen molar-refractivity contribution in [3.05, 3.63) is 41.2 Å². The second kappa shape index (κ2) is 4.23. The third kappa shape index (κ3) is 2.04. The number of para-hydroxylation sites is 1. The minimum Gasteiger partial charge on any atom is -0.390 e. The number of rotatable bonds is 3. The number of hydrogen-bond acceptors (Lipinski definition) is 5. The zero-order valence-corrected chi connectivity index (χ0v) is 9.76. The molecule has 0 saturated carbocycles. The minimum atomic E-state index is -0.0835. The van der Waals surface area contributed by atoms with Crippen LogP contribution in [0.2, 0.25) is 0 Å². The van der Waals surface area contributed by atoms with Crippen molar-refractivity contribution < 1.29 is 5.11 Å². The van der Waals surface area contributed by atoms with E-state index in [1.165, 1.54) is 4.70 Å². The molecule has 3 rings (SSSR count). The molecule has 0 fully saturated rings. The smallest absolute Gasteiger partial charge is 0.115 e. The zero-order valence-electron chi connectivity index (χ0n) is 8.95. The molecule has 3 aromatic rings. The van der Waals surface area contributed by atoms with Gasteiger partial charge in [0, 0.05) is 0 Å². The predicted molar refractivity (Wildman–Crippen MR) is 64.7 cm³/mol. The van der Waals surface area contributed by atoms with Crippen LogP contribution in [0.25, 0.3) is 10.2 Å². The van der Waals surface area contributed by atoms with Crippen molar-refractivity contribution in [1.29, 1.82) is 0 Å². The molecule has 0 saturated heterocycles. The predicted octanol–water partition coefficient (Wildman–Crippen LogP) is 1.43. The SMILES string of the molecule is OCc1cn(Cc2nc3ccccc3s2)nn1. The van der Waals surface area contributed by atoms with E-state index in [1.807, 2.05) is 18.2 Å². The van der Waals surface area contributed by atoms with Crippen molar-refractivity contribution >= 4 is 21.6 Å². The Hall–Kier alpha value is -1.79. The maximum absolute atomic E-state index is 8.90. The van der Waals surface area contributed by atoms with Gasteiger partial charge in [0.1, 0.15) is 10.7 Å².